The molecule has 9 heteroatoms. The molecule has 0 fully saturated rings. The van der Waals surface area contributed by atoms with E-state index in [9.17, 15) is 14.7 Å². The van der Waals surface area contributed by atoms with Gasteiger partial charge in [-0.2, -0.15) is 0 Å². The summed E-state index contributed by atoms with van der Waals surface area (Å²) in [5.74, 6) is -1.02. The fraction of sp³-hybridized carbons (Fsp3) is 0.308. The van der Waals surface area contributed by atoms with Crippen LogP contribution in [0.2, 0.25) is 5.02 Å². The number of rotatable bonds is 9. The molecule has 4 rings (SSSR count). The third-order valence-corrected chi connectivity index (χ3v) is 5.84. The van der Waals surface area contributed by atoms with Gasteiger partial charge in [-0.1, -0.05) is 23.7 Å². The Morgan fingerprint density at radius 1 is 1.20 bits per heavy atom. The number of hydrogen-bond acceptors (Lipinski definition) is 7. The topological polar surface area (TPSA) is 98.4 Å². The summed E-state index contributed by atoms with van der Waals surface area (Å²) in [6.07, 6.45) is -0.0672. The molecule has 1 aromatic heterocycles. The Hall–Kier alpha value is -3.49. The molecule has 1 N–H and O–H groups in total. The summed E-state index contributed by atoms with van der Waals surface area (Å²) in [7, 11) is 2.98. The van der Waals surface area contributed by atoms with Crippen LogP contribution in [-0.4, -0.2) is 55.2 Å². The Morgan fingerprint density at radius 2 is 1.97 bits per heavy atom. The van der Waals surface area contributed by atoms with Crippen LogP contribution >= 0.6 is 11.6 Å². The standard InChI is InChI=1S/C26H26ClNO7/c1-14(2)34-18-7-5-6-15(11-18)22-21(24(30)26(31)28(22)8-9-32-3)23(29)19-12-16-10-17(27)13-20(33-4)25(16)35-19/h5-7,10-14,22,30H,8-9H2,1-4H3. The van der Waals surface area contributed by atoms with Gasteiger partial charge in [0.25, 0.3) is 5.91 Å². The molecule has 2 aromatic carbocycles. The second-order valence-corrected chi connectivity index (χ2v) is 8.80. The van der Waals surface area contributed by atoms with Gasteiger partial charge in [-0.15, -0.1) is 0 Å². The van der Waals surface area contributed by atoms with Crippen molar-refractivity contribution >= 4 is 34.3 Å². The van der Waals surface area contributed by atoms with Crippen LogP contribution in [0.25, 0.3) is 11.0 Å². The highest BCUT2D eigenvalue weighted by Gasteiger charge is 2.44. The van der Waals surface area contributed by atoms with Crippen LogP contribution in [-0.2, 0) is 9.53 Å². The van der Waals surface area contributed by atoms with Crippen molar-refractivity contribution in [3.63, 3.8) is 0 Å². The minimum Gasteiger partial charge on any atom is -0.503 e. The second kappa shape index (κ2) is 10.0. The first-order valence-electron chi connectivity index (χ1n) is 11.1. The number of aliphatic hydroxyl groups excluding tert-OH is 1. The summed E-state index contributed by atoms with van der Waals surface area (Å²) < 4.78 is 22.1. The van der Waals surface area contributed by atoms with Crippen LogP contribution in [0, 0.1) is 0 Å². The lowest BCUT2D eigenvalue weighted by molar-refractivity contribution is -0.130. The number of carbonyl (C=O) groups is 2. The van der Waals surface area contributed by atoms with Crippen molar-refractivity contribution in [3.05, 3.63) is 70.1 Å². The number of ether oxygens (including phenoxy) is 3. The van der Waals surface area contributed by atoms with E-state index in [0.717, 1.165) is 0 Å². The zero-order chi connectivity index (χ0) is 25.3. The summed E-state index contributed by atoms with van der Waals surface area (Å²) in [5, 5.41) is 11.8. The van der Waals surface area contributed by atoms with Gasteiger partial charge in [0.15, 0.2) is 22.9 Å². The van der Waals surface area contributed by atoms with Gasteiger partial charge in [0.2, 0.25) is 5.78 Å². The minimum atomic E-state index is -0.862. The maximum absolute atomic E-state index is 13.7. The fourth-order valence-electron chi connectivity index (χ4n) is 4.16. The van der Waals surface area contributed by atoms with Crippen molar-refractivity contribution in [2.45, 2.75) is 26.0 Å². The molecule has 184 valence electrons. The fourth-order valence-corrected chi connectivity index (χ4v) is 4.38. The third kappa shape index (κ3) is 4.72. The van der Waals surface area contributed by atoms with E-state index in [1.807, 2.05) is 13.8 Å². The lowest BCUT2D eigenvalue weighted by Gasteiger charge is -2.26. The molecule has 35 heavy (non-hydrogen) atoms. The van der Waals surface area contributed by atoms with E-state index in [1.54, 1.807) is 36.4 Å². The third-order valence-electron chi connectivity index (χ3n) is 5.62. The monoisotopic (exact) mass is 499 g/mol. The number of halogens is 1. The predicted molar refractivity (Wildman–Crippen MR) is 130 cm³/mol. The zero-order valence-electron chi connectivity index (χ0n) is 19.8. The molecule has 1 atom stereocenters. The number of fused-ring (bicyclic) bond motifs is 1. The molecule has 0 bridgehead atoms. The van der Waals surface area contributed by atoms with E-state index < -0.39 is 23.5 Å². The van der Waals surface area contributed by atoms with Gasteiger partial charge >= 0.3 is 0 Å². The number of benzene rings is 2. The highest BCUT2D eigenvalue weighted by Crippen LogP contribution is 2.41. The Balaban J connectivity index is 1.81. The van der Waals surface area contributed by atoms with Crippen LogP contribution in [0.4, 0.5) is 0 Å². The molecule has 1 amide bonds. The number of methoxy groups -OCH3 is 2. The van der Waals surface area contributed by atoms with E-state index in [-0.39, 0.29) is 30.6 Å². The predicted octanol–water partition coefficient (Wildman–Crippen LogP) is 5.11. The van der Waals surface area contributed by atoms with Gasteiger partial charge in [-0.25, -0.2) is 0 Å². The van der Waals surface area contributed by atoms with Crippen LogP contribution in [0.1, 0.15) is 36.0 Å². The second-order valence-electron chi connectivity index (χ2n) is 8.36. The van der Waals surface area contributed by atoms with E-state index in [4.69, 9.17) is 30.2 Å². The van der Waals surface area contributed by atoms with Crippen LogP contribution < -0.4 is 9.47 Å². The van der Waals surface area contributed by atoms with E-state index in [0.29, 0.717) is 33.1 Å². The van der Waals surface area contributed by atoms with Gasteiger partial charge in [0.05, 0.1) is 31.4 Å². The lowest BCUT2D eigenvalue weighted by Crippen LogP contribution is -2.34. The molecule has 3 aromatic rings. The van der Waals surface area contributed by atoms with Crippen molar-refractivity contribution in [2.24, 2.45) is 0 Å². The number of ketones is 1. The molecule has 1 aliphatic rings. The summed E-state index contributed by atoms with van der Waals surface area (Å²) in [5.41, 5.74) is 0.860. The molecule has 0 saturated heterocycles. The average molecular weight is 500 g/mol. The number of amides is 1. The lowest BCUT2D eigenvalue weighted by atomic mass is 9.95. The molecular weight excluding hydrogens is 474 g/mol. The number of carbonyl (C=O) groups excluding carboxylic acids is 2. The first-order chi connectivity index (χ1) is 16.7. The number of furan rings is 1. The van der Waals surface area contributed by atoms with Gasteiger partial charge in [-0.05, 0) is 43.7 Å². The molecule has 2 heterocycles. The maximum atomic E-state index is 13.7. The van der Waals surface area contributed by atoms with Gasteiger partial charge < -0.3 is 28.6 Å². The summed E-state index contributed by atoms with van der Waals surface area (Å²) >= 11 is 6.15. The SMILES string of the molecule is COCCN1C(=O)C(O)=C(C(=O)c2cc3cc(Cl)cc(OC)c3o2)C1c1cccc(OC(C)C)c1. The van der Waals surface area contributed by atoms with Crippen molar-refractivity contribution in [3.8, 4) is 11.5 Å². The maximum Gasteiger partial charge on any atom is 0.290 e. The average Bonchev–Trinajstić information content (AvgIpc) is 3.35. The number of aliphatic hydroxyl groups is 1. The van der Waals surface area contributed by atoms with Crippen LogP contribution in [0.15, 0.2) is 58.2 Å². The zero-order valence-corrected chi connectivity index (χ0v) is 20.6. The van der Waals surface area contributed by atoms with E-state index in [1.165, 1.54) is 25.2 Å². The van der Waals surface area contributed by atoms with Crippen LogP contribution in [0.3, 0.4) is 0 Å². The number of Topliss-reactive ketones (excluding diaryl/α,β-unsaturated/α-hetero) is 1. The quantitative estimate of drug-likeness (QED) is 0.408. The van der Waals surface area contributed by atoms with Crippen LogP contribution in [0.5, 0.6) is 11.5 Å². The Bertz CT molecular complexity index is 1310. The van der Waals surface area contributed by atoms with Gasteiger partial charge in [0.1, 0.15) is 5.75 Å². The van der Waals surface area contributed by atoms with E-state index >= 15 is 0 Å². The highest BCUT2D eigenvalue weighted by atomic mass is 35.5. The van der Waals surface area contributed by atoms with E-state index in [2.05, 4.69) is 0 Å². The summed E-state index contributed by atoms with van der Waals surface area (Å²) in [6, 6.07) is 11.0. The van der Waals surface area contributed by atoms with Crippen molar-refractivity contribution < 1.29 is 33.3 Å². The molecule has 0 saturated carbocycles. The summed E-state index contributed by atoms with van der Waals surface area (Å²) in [6.45, 7) is 4.19. The smallest absolute Gasteiger partial charge is 0.290 e. The Morgan fingerprint density at radius 3 is 2.66 bits per heavy atom. The minimum absolute atomic E-state index is 0.0527. The Labute approximate surface area is 207 Å². The van der Waals surface area contributed by atoms with Crippen molar-refractivity contribution in [2.75, 3.05) is 27.4 Å². The Kier molecular flexibility index (Phi) is 7.05. The normalized spacial score (nSPS) is 16.0. The molecule has 0 spiro atoms. The van der Waals surface area contributed by atoms with Gasteiger partial charge in [-0.3, -0.25) is 9.59 Å². The summed E-state index contributed by atoms with van der Waals surface area (Å²) in [4.78, 5) is 28.1. The molecule has 0 aliphatic carbocycles. The highest BCUT2D eigenvalue weighted by molar-refractivity contribution is 6.31. The molecule has 1 aliphatic heterocycles. The largest absolute Gasteiger partial charge is 0.503 e. The molecule has 1 unspecified atom stereocenters. The molecule has 8 nitrogen and oxygen atoms in total. The molecular formula is C26H26ClNO7. The van der Waals surface area contributed by atoms with Crippen molar-refractivity contribution in [1.82, 2.24) is 4.90 Å². The first kappa shape index (κ1) is 24.6. The number of nitrogens with zero attached hydrogens (tertiary/aromatic N) is 1. The number of hydrogen-bond donors (Lipinski definition) is 1. The molecule has 0 radical (unpaired) electrons. The van der Waals surface area contributed by atoms with Crippen molar-refractivity contribution in [1.29, 1.82) is 0 Å². The van der Waals surface area contributed by atoms with Gasteiger partial charge in [0, 0.05) is 30.1 Å². The first-order valence-corrected chi connectivity index (χ1v) is 11.4.